The van der Waals surface area contributed by atoms with E-state index in [4.69, 9.17) is 4.74 Å². The minimum atomic E-state index is -3.17. The quantitative estimate of drug-likeness (QED) is 0.428. The first-order valence-electron chi connectivity index (χ1n) is 11.6. The molecule has 3 aromatic rings. The van der Waals surface area contributed by atoms with Gasteiger partial charge in [0.15, 0.2) is 5.13 Å². The van der Waals surface area contributed by atoms with E-state index < -0.39 is 16.1 Å². The highest BCUT2D eigenvalue weighted by Gasteiger charge is 2.36. The lowest BCUT2D eigenvalue weighted by Gasteiger charge is -2.33. The Hall–Kier alpha value is -2.64. The van der Waals surface area contributed by atoms with Gasteiger partial charge in [-0.2, -0.15) is 4.31 Å². The molecule has 1 unspecified atom stereocenters. The number of carbonyl (C=O) groups excluding carboxylic acids is 2. The molecule has 0 spiro atoms. The van der Waals surface area contributed by atoms with Crippen molar-refractivity contribution in [1.29, 1.82) is 0 Å². The highest BCUT2D eigenvalue weighted by molar-refractivity contribution is 7.88. The van der Waals surface area contributed by atoms with Crippen molar-refractivity contribution >= 4 is 49.5 Å². The van der Waals surface area contributed by atoms with Crippen molar-refractivity contribution in [2.45, 2.75) is 12.5 Å². The molecule has 2 aliphatic heterocycles. The van der Waals surface area contributed by atoms with Crippen molar-refractivity contribution in [3.8, 4) is 5.75 Å². The fraction of sp³-hybridized carbons (Fsp3) is 0.375. The molecule has 4 heterocycles. The number of rotatable bonds is 8. The Morgan fingerprint density at radius 1 is 1.14 bits per heavy atom. The van der Waals surface area contributed by atoms with Crippen LogP contribution in [0.4, 0.5) is 5.13 Å². The Bertz CT molecular complexity index is 1350. The van der Waals surface area contributed by atoms with Crippen molar-refractivity contribution in [1.82, 2.24) is 14.2 Å². The van der Waals surface area contributed by atoms with Gasteiger partial charge in [0.2, 0.25) is 21.9 Å². The van der Waals surface area contributed by atoms with Crippen LogP contribution in [0.1, 0.15) is 38.2 Å². The Kier molecular flexibility index (Phi) is 7.22. The number of nitrogens with zero attached hydrogens (tertiary/aromatic N) is 4. The normalized spacial score (nSPS) is 18.7. The van der Waals surface area contributed by atoms with Crippen molar-refractivity contribution < 1.29 is 22.7 Å². The standard InChI is InChI=1S/C24H26N4O5S3/c1-36(31,32)27-13-11-26(12-14-27)9-5-10-28(23(30)20-8-4-15-34-20)24-25-18(16-35-24)22-21(29)17-6-2-3-7-19(17)33-22/h2-4,6-8,15-16,22H,5,9-14H2,1H3. The monoisotopic (exact) mass is 546 g/mol. The molecule has 1 saturated heterocycles. The summed E-state index contributed by atoms with van der Waals surface area (Å²) in [5, 5.41) is 4.17. The second-order valence-corrected chi connectivity index (χ2v) is 12.5. The molecule has 0 N–H and O–H groups in total. The first kappa shape index (κ1) is 25.0. The number of piperazine rings is 1. The van der Waals surface area contributed by atoms with E-state index in [1.807, 2.05) is 17.5 Å². The van der Waals surface area contributed by atoms with Crippen molar-refractivity contribution in [3.05, 3.63) is 63.3 Å². The molecule has 0 bridgehead atoms. The second-order valence-electron chi connectivity index (χ2n) is 8.70. The summed E-state index contributed by atoms with van der Waals surface area (Å²) < 4.78 is 30.9. The number of amides is 1. The van der Waals surface area contributed by atoms with Crippen LogP contribution < -0.4 is 9.64 Å². The predicted molar refractivity (Wildman–Crippen MR) is 140 cm³/mol. The molecule has 12 heteroatoms. The summed E-state index contributed by atoms with van der Waals surface area (Å²) in [5.41, 5.74) is 1.04. The van der Waals surface area contributed by atoms with Crippen LogP contribution in [0.5, 0.6) is 5.75 Å². The van der Waals surface area contributed by atoms with Crippen molar-refractivity contribution in [3.63, 3.8) is 0 Å². The SMILES string of the molecule is CS(=O)(=O)N1CCN(CCCN(C(=O)c2cccs2)c2nc(C3Oc4ccccc4C3=O)cs2)CC1. The summed E-state index contributed by atoms with van der Waals surface area (Å²) in [6.45, 7) is 3.47. The Balaban J connectivity index is 1.27. The van der Waals surface area contributed by atoms with Crippen molar-refractivity contribution in [2.24, 2.45) is 0 Å². The molecule has 0 saturated carbocycles. The van der Waals surface area contributed by atoms with Gasteiger partial charge in [-0.05, 0) is 36.5 Å². The molecule has 9 nitrogen and oxygen atoms in total. The zero-order valence-electron chi connectivity index (χ0n) is 19.7. The number of sulfonamides is 1. The second kappa shape index (κ2) is 10.4. The highest BCUT2D eigenvalue weighted by Crippen LogP contribution is 2.38. The van der Waals surface area contributed by atoms with E-state index in [-0.39, 0.29) is 11.7 Å². The molecular formula is C24H26N4O5S3. The molecule has 1 aromatic carbocycles. The molecule has 1 atom stereocenters. The van der Waals surface area contributed by atoms with Crippen LogP contribution in [-0.2, 0) is 10.0 Å². The summed E-state index contributed by atoms with van der Waals surface area (Å²) >= 11 is 2.70. The number of ketones is 1. The summed E-state index contributed by atoms with van der Waals surface area (Å²) in [6.07, 6.45) is 1.13. The van der Waals surface area contributed by atoms with E-state index in [1.165, 1.54) is 33.2 Å². The number of carbonyl (C=O) groups is 2. The number of hydrogen-bond donors (Lipinski definition) is 0. The minimum Gasteiger partial charge on any atom is -0.475 e. The zero-order valence-corrected chi connectivity index (χ0v) is 22.2. The third-order valence-corrected chi connectivity index (χ3v) is 9.32. The van der Waals surface area contributed by atoms with Gasteiger partial charge in [0.25, 0.3) is 5.91 Å². The topological polar surface area (TPSA) is 100 Å². The van der Waals surface area contributed by atoms with E-state index in [9.17, 15) is 18.0 Å². The zero-order chi connectivity index (χ0) is 25.3. The number of hydrogen-bond acceptors (Lipinski definition) is 9. The van der Waals surface area contributed by atoms with Gasteiger partial charge in [0, 0.05) is 38.1 Å². The van der Waals surface area contributed by atoms with Gasteiger partial charge in [-0.15, -0.1) is 22.7 Å². The molecule has 0 radical (unpaired) electrons. The first-order chi connectivity index (χ1) is 17.3. The van der Waals surface area contributed by atoms with Crippen LogP contribution in [0.2, 0.25) is 0 Å². The summed E-state index contributed by atoms with van der Waals surface area (Å²) in [4.78, 5) is 35.3. The number of para-hydroxylation sites is 1. The number of thiophene rings is 1. The average molecular weight is 547 g/mol. The fourth-order valence-electron chi connectivity index (χ4n) is 4.36. The summed E-state index contributed by atoms with van der Waals surface area (Å²) in [7, 11) is -3.17. The lowest BCUT2D eigenvalue weighted by Crippen LogP contribution is -2.48. The largest absolute Gasteiger partial charge is 0.475 e. The molecule has 1 amide bonds. The van der Waals surface area contributed by atoms with Gasteiger partial charge in [-0.25, -0.2) is 13.4 Å². The smallest absolute Gasteiger partial charge is 0.270 e. The van der Waals surface area contributed by atoms with Gasteiger partial charge in [0.05, 0.1) is 16.7 Å². The maximum Gasteiger partial charge on any atom is 0.270 e. The van der Waals surface area contributed by atoms with Gasteiger partial charge >= 0.3 is 0 Å². The van der Waals surface area contributed by atoms with Crippen LogP contribution in [0.15, 0.2) is 47.2 Å². The molecule has 2 aromatic heterocycles. The Labute approximate surface area is 218 Å². The lowest BCUT2D eigenvalue weighted by atomic mass is 10.1. The molecular weight excluding hydrogens is 520 g/mol. The molecule has 1 fully saturated rings. The van der Waals surface area contributed by atoms with E-state index in [0.717, 1.165) is 6.54 Å². The fourth-order valence-corrected chi connectivity index (χ4v) is 6.73. The van der Waals surface area contributed by atoms with E-state index in [0.29, 0.717) is 66.2 Å². The third-order valence-electron chi connectivity index (χ3n) is 6.28. The number of thiazole rings is 1. The number of fused-ring (bicyclic) bond motifs is 1. The predicted octanol–water partition coefficient (Wildman–Crippen LogP) is 3.14. The molecule has 0 aliphatic carbocycles. The lowest BCUT2D eigenvalue weighted by molar-refractivity contribution is 0.0854. The number of aromatic nitrogens is 1. The average Bonchev–Trinajstić information content (AvgIpc) is 3.62. The van der Waals surface area contributed by atoms with E-state index >= 15 is 0 Å². The number of anilines is 1. The van der Waals surface area contributed by atoms with Crippen LogP contribution in [0, 0.1) is 0 Å². The molecule has 2 aliphatic rings. The number of Topliss-reactive ketones (excluding diaryl/α,β-unsaturated/α-hetero) is 1. The Morgan fingerprint density at radius 3 is 2.61 bits per heavy atom. The number of ether oxygens (including phenoxy) is 1. The maximum absolute atomic E-state index is 13.3. The van der Waals surface area contributed by atoms with Gasteiger partial charge in [0.1, 0.15) is 11.4 Å². The summed E-state index contributed by atoms with van der Waals surface area (Å²) in [5.74, 6) is 0.283. The van der Waals surface area contributed by atoms with Crippen LogP contribution in [0.25, 0.3) is 0 Å². The Morgan fingerprint density at radius 2 is 1.92 bits per heavy atom. The van der Waals surface area contributed by atoms with Crippen LogP contribution in [-0.4, -0.2) is 79.8 Å². The van der Waals surface area contributed by atoms with E-state index in [1.54, 1.807) is 34.5 Å². The van der Waals surface area contributed by atoms with Gasteiger partial charge in [-0.3, -0.25) is 14.5 Å². The maximum atomic E-state index is 13.3. The van der Waals surface area contributed by atoms with Crippen LogP contribution >= 0.6 is 22.7 Å². The molecule has 36 heavy (non-hydrogen) atoms. The summed E-state index contributed by atoms with van der Waals surface area (Å²) in [6, 6.07) is 10.8. The molecule has 5 rings (SSSR count). The third kappa shape index (κ3) is 5.23. The van der Waals surface area contributed by atoms with Crippen molar-refractivity contribution in [2.75, 3.05) is 50.4 Å². The molecule has 190 valence electrons. The number of benzene rings is 1. The van der Waals surface area contributed by atoms with Gasteiger partial charge < -0.3 is 9.64 Å². The van der Waals surface area contributed by atoms with Gasteiger partial charge in [-0.1, -0.05) is 18.2 Å². The minimum absolute atomic E-state index is 0.130. The highest BCUT2D eigenvalue weighted by atomic mass is 32.2. The van der Waals surface area contributed by atoms with Crippen LogP contribution in [0.3, 0.4) is 0 Å². The van der Waals surface area contributed by atoms with E-state index in [2.05, 4.69) is 9.88 Å². The first-order valence-corrected chi connectivity index (χ1v) is 15.2.